The van der Waals surface area contributed by atoms with Gasteiger partial charge in [0.1, 0.15) is 11.6 Å². The Labute approximate surface area is 124 Å². The van der Waals surface area contributed by atoms with Crippen molar-refractivity contribution in [3.8, 4) is 23.5 Å². The molecule has 0 radical (unpaired) electrons. The van der Waals surface area contributed by atoms with Gasteiger partial charge in [-0.15, -0.1) is 6.42 Å². The number of rotatable bonds is 2. The number of aromatic carboxylic acids is 1. The maximum Gasteiger partial charge on any atom is 0.336 e. The van der Waals surface area contributed by atoms with E-state index in [9.17, 15) is 18.7 Å². The molecule has 21 heavy (non-hydrogen) atoms. The van der Waals surface area contributed by atoms with E-state index in [0.29, 0.717) is 6.07 Å². The molecule has 2 aromatic carbocycles. The zero-order valence-corrected chi connectivity index (χ0v) is 11.2. The van der Waals surface area contributed by atoms with E-state index in [1.165, 1.54) is 0 Å². The van der Waals surface area contributed by atoms with Crippen molar-refractivity contribution in [2.24, 2.45) is 0 Å². The molecular formula is C15H8ClF2NO2. The summed E-state index contributed by atoms with van der Waals surface area (Å²) in [4.78, 5) is 11.3. The van der Waals surface area contributed by atoms with Crippen LogP contribution in [0.1, 0.15) is 15.9 Å². The van der Waals surface area contributed by atoms with Crippen LogP contribution in [0.15, 0.2) is 24.3 Å². The Hall–Kier alpha value is -2.58. The summed E-state index contributed by atoms with van der Waals surface area (Å²) in [6.07, 6.45) is 5.27. The minimum atomic E-state index is -1.34. The van der Waals surface area contributed by atoms with E-state index in [4.69, 9.17) is 23.8 Å². The van der Waals surface area contributed by atoms with Crippen LogP contribution in [0.5, 0.6) is 0 Å². The highest BCUT2D eigenvalue weighted by molar-refractivity contribution is 6.33. The quantitative estimate of drug-likeness (QED) is 0.659. The summed E-state index contributed by atoms with van der Waals surface area (Å²) in [7, 11) is 0. The zero-order valence-electron chi connectivity index (χ0n) is 10.5. The maximum atomic E-state index is 13.3. The monoisotopic (exact) mass is 307 g/mol. The van der Waals surface area contributed by atoms with Crippen molar-refractivity contribution in [3.63, 3.8) is 0 Å². The van der Waals surface area contributed by atoms with Gasteiger partial charge in [-0.2, -0.15) is 0 Å². The number of anilines is 1. The first-order chi connectivity index (χ1) is 9.85. The van der Waals surface area contributed by atoms with Crippen LogP contribution in [0.4, 0.5) is 14.5 Å². The molecule has 0 amide bonds. The highest BCUT2D eigenvalue weighted by atomic mass is 35.5. The second kappa shape index (κ2) is 5.43. The molecule has 0 unspecified atom stereocenters. The summed E-state index contributed by atoms with van der Waals surface area (Å²) in [5, 5.41) is 9.20. The number of carboxylic acid groups (broad SMARTS) is 1. The van der Waals surface area contributed by atoms with E-state index in [-0.39, 0.29) is 33.0 Å². The maximum absolute atomic E-state index is 13.3. The van der Waals surface area contributed by atoms with Crippen LogP contribution in [0.2, 0.25) is 5.02 Å². The Balaban J connectivity index is 2.89. The molecule has 0 aromatic heterocycles. The summed E-state index contributed by atoms with van der Waals surface area (Å²) < 4.78 is 26.7. The predicted molar refractivity (Wildman–Crippen MR) is 76.1 cm³/mol. The lowest BCUT2D eigenvalue weighted by atomic mass is 9.94. The minimum absolute atomic E-state index is 0.0203. The van der Waals surface area contributed by atoms with Crippen molar-refractivity contribution in [2.75, 3.05) is 5.73 Å². The highest BCUT2D eigenvalue weighted by Gasteiger charge is 2.20. The molecule has 106 valence electrons. The van der Waals surface area contributed by atoms with Crippen molar-refractivity contribution in [2.45, 2.75) is 0 Å². The Morgan fingerprint density at radius 3 is 2.29 bits per heavy atom. The molecule has 0 saturated heterocycles. The fourth-order valence-corrected chi connectivity index (χ4v) is 2.26. The normalized spacial score (nSPS) is 10.2. The number of carbonyl (C=O) groups is 1. The van der Waals surface area contributed by atoms with Crippen LogP contribution in [-0.2, 0) is 0 Å². The lowest BCUT2D eigenvalue weighted by Crippen LogP contribution is -2.06. The lowest BCUT2D eigenvalue weighted by Gasteiger charge is -2.13. The SMILES string of the molecule is C#Cc1c(Cl)cc(C(=O)O)c(-c2cc(F)cc(F)c2)c1N. The van der Waals surface area contributed by atoms with Gasteiger partial charge in [0.2, 0.25) is 0 Å². The number of hydrogen-bond donors (Lipinski definition) is 2. The highest BCUT2D eigenvalue weighted by Crippen LogP contribution is 2.37. The van der Waals surface area contributed by atoms with Gasteiger partial charge in [0.05, 0.1) is 21.8 Å². The molecule has 6 heteroatoms. The van der Waals surface area contributed by atoms with Gasteiger partial charge in [0.15, 0.2) is 0 Å². The summed E-state index contributed by atoms with van der Waals surface area (Å²) in [5.41, 5.74) is 5.39. The molecule has 3 N–H and O–H groups in total. The molecule has 0 aliphatic rings. The fourth-order valence-electron chi connectivity index (χ4n) is 1.99. The summed E-state index contributed by atoms with van der Waals surface area (Å²) in [5.74, 6) is -0.835. The smallest absolute Gasteiger partial charge is 0.336 e. The van der Waals surface area contributed by atoms with Crippen molar-refractivity contribution in [3.05, 3.63) is 52.0 Å². The van der Waals surface area contributed by atoms with Crippen LogP contribution >= 0.6 is 11.6 Å². The zero-order chi connectivity index (χ0) is 15.7. The van der Waals surface area contributed by atoms with E-state index in [1.54, 1.807) is 0 Å². The molecule has 0 bridgehead atoms. The summed E-state index contributed by atoms with van der Waals surface area (Å²) >= 11 is 5.87. The van der Waals surface area contributed by atoms with E-state index >= 15 is 0 Å². The van der Waals surface area contributed by atoms with E-state index in [0.717, 1.165) is 18.2 Å². The largest absolute Gasteiger partial charge is 0.478 e. The van der Waals surface area contributed by atoms with Crippen molar-refractivity contribution in [1.82, 2.24) is 0 Å². The van der Waals surface area contributed by atoms with Gasteiger partial charge in [-0.3, -0.25) is 0 Å². The molecule has 3 nitrogen and oxygen atoms in total. The van der Waals surface area contributed by atoms with Gasteiger partial charge in [0, 0.05) is 11.6 Å². The molecule has 0 saturated carbocycles. The Morgan fingerprint density at radius 1 is 1.24 bits per heavy atom. The number of carboxylic acids is 1. The predicted octanol–water partition coefficient (Wildman–Crippen LogP) is 3.55. The number of nitrogen functional groups attached to an aromatic ring is 1. The van der Waals surface area contributed by atoms with Crippen molar-refractivity contribution < 1.29 is 18.7 Å². The lowest BCUT2D eigenvalue weighted by molar-refractivity contribution is 0.0697. The summed E-state index contributed by atoms with van der Waals surface area (Å²) in [6.45, 7) is 0. The van der Waals surface area contributed by atoms with E-state index in [2.05, 4.69) is 5.92 Å². The first-order valence-electron chi connectivity index (χ1n) is 5.63. The minimum Gasteiger partial charge on any atom is -0.478 e. The van der Waals surface area contributed by atoms with Crippen molar-refractivity contribution in [1.29, 1.82) is 0 Å². The summed E-state index contributed by atoms with van der Waals surface area (Å²) in [6, 6.07) is 3.70. The van der Waals surface area contributed by atoms with Gasteiger partial charge < -0.3 is 10.8 Å². The molecule has 0 aliphatic carbocycles. The third-order valence-electron chi connectivity index (χ3n) is 2.84. The third kappa shape index (κ3) is 2.67. The number of nitrogens with two attached hydrogens (primary N) is 1. The Bertz CT molecular complexity index is 777. The van der Waals surface area contributed by atoms with Crippen LogP contribution < -0.4 is 5.73 Å². The Kier molecular flexibility index (Phi) is 3.83. The Morgan fingerprint density at radius 2 is 1.81 bits per heavy atom. The fraction of sp³-hybridized carbons (Fsp3) is 0. The van der Waals surface area contributed by atoms with Crippen LogP contribution in [0.3, 0.4) is 0 Å². The second-order valence-corrected chi connectivity index (χ2v) is 4.58. The van der Waals surface area contributed by atoms with Gasteiger partial charge in [-0.25, -0.2) is 13.6 Å². The standard InChI is InChI=1S/C15H8ClF2NO2/c1-2-10-12(16)6-11(15(20)21)13(14(10)19)7-3-8(17)5-9(18)4-7/h1,3-6H,19H2,(H,20,21). The molecule has 0 aliphatic heterocycles. The van der Waals surface area contributed by atoms with Gasteiger partial charge in [0.25, 0.3) is 0 Å². The van der Waals surface area contributed by atoms with Crippen LogP contribution in [0.25, 0.3) is 11.1 Å². The molecule has 0 heterocycles. The van der Waals surface area contributed by atoms with Gasteiger partial charge in [-0.05, 0) is 23.8 Å². The van der Waals surface area contributed by atoms with Gasteiger partial charge in [-0.1, -0.05) is 17.5 Å². The molecular weight excluding hydrogens is 300 g/mol. The number of halogens is 3. The molecule has 0 atom stereocenters. The van der Waals surface area contributed by atoms with Crippen molar-refractivity contribution >= 4 is 23.3 Å². The average molecular weight is 308 g/mol. The first-order valence-corrected chi connectivity index (χ1v) is 6.01. The topological polar surface area (TPSA) is 63.3 Å². The number of terminal acetylenes is 1. The third-order valence-corrected chi connectivity index (χ3v) is 3.14. The average Bonchev–Trinajstić information content (AvgIpc) is 2.36. The van der Waals surface area contributed by atoms with E-state index in [1.807, 2.05) is 0 Å². The molecule has 0 spiro atoms. The number of hydrogen-bond acceptors (Lipinski definition) is 2. The second-order valence-electron chi connectivity index (χ2n) is 4.18. The molecule has 2 aromatic rings. The van der Waals surface area contributed by atoms with Crippen LogP contribution in [0, 0.1) is 24.0 Å². The number of benzene rings is 2. The molecule has 0 fully saturated rings. The van der Waals surface area contributed by atoms with Gasteiger partial charge >= 0.3 is 5.97 Å². The van der Waals surface area contributed by atoms with Crippen LogP contribution in [-0.4, -0.2) is 11.1 Å². The first kappa shape index (κ1) is 14.8. The van der Waals surface area contributed by atoms with E-state index < -0.39 is 17.6 Å². The molecule has 2 rings (SSSR count).